The Kier molecular flexibility index (Phi) is 6.47. The van der Waals surface area contributed by atoms with Crippen LogP contribution in [0.15, 0.2) is 53.1 Å². The van der Waals surface area contributed by atoms with E-state index in [1.165, 1.54) is 11.2 Å². The summed E-state index contributed by atoms with van der Waals surface area (Å²) in [5, 5.41) is 0. The van der Waals surface area contributed by atoms with Crippen molar-refractivity contribution in [2.75, 3.05) is 26.7 Å². The van der Waals surface area contributed by atoms with Crippen LogP contribution in [0.3, 0.4) is 0 Å². The van der Waals surface area contributed by atoms with Crippen LogP contribution in [0.1, 0.15) is 29.0 Å². The molecule has 1 aromatic heterocycles. The van der Waals surface area contributed by atoms with Crippen molar-refractivity contribution in [1.82, 2.24) is 9.80 Å². The second-order valence-corrected chi connectivity index (χ2v) is 6.89. The SMILES string of the molecule is CN(Cc1ccccc1)C(=O)COC(=O)C1CCN(C(=O)c2ccco2)CC1. The first-order valence-corrected chi connectivity index (χ1v) is 9.32. The zero-order valence-electron chi connectivity index (χ0n) is 15.9. The van der Waals surface area contributed by atoms with Crippen LogP contribution in [0.25, 0.3) is 0 Å². The molecule has 0 atom stereocenters. The van der Waals surface area contributed by atoms with Gasteiger partial charge in [-0.1, -0.05) is 30.3 Å². The summed E-state index contributed by atoms with van der Waals surface area (Å²) in [6.07, 6.45) is 2.49. The summed E-state index contributed by atoms with van der Waals surface area (Å²) in [5.41, 5.74) is 1.01. The lowest BCUT2D eigenvalue weighted by molar-refractivity contribution is -0.156. The van der Waals surface area contributed by atoms with Gasteiger partial charge in [0.25, 0.3) is 11.8 Å². The number of benzene rings is 1. The average molecular weight is 384 g/mol. The van der Waals surface area contributed by atoms with Crippen molar-refractivity contribution >= 4 is 17.8 Å². The van der Waals surface area contributed by atoms with E-state index in [1.807, 2.05) is 30.3 Å². The third-order valence-electron chi connectivity index (χ3n) is 4.87. The number of likely N-dealkylation sites (N-methyl/N-ethyl adjacent to an activating group) is 1. The Balaban J connectivity index is 1.40. The van der Waals surface area contributed by atoms with E-state index in [9.17, 15) is 14.4 Å². The molecule has 0 spiro atoms. The van der Waals surface area contributed by atoms with Gasteiger partial charge in [-0.2, -0.15) is 0 Å². The van der Waals surface area contributed by atoms with Crippen LogP contribution in [0.4, 0.5) is 0 Å². The molecule has 148 valence electrons. The molecule has 3 rings (SSSR count). The smallest absolute Gasteiger partial charge is 0.309 e. The number of piperidine rings is 1. The number of rotatable bonds is 6. The number of esters is 1. The Morgan fingerprint density at radius 1 is 1.11 bits per heavy atom. The Morgan fingerprint density at radius 2 is 1.82 bits per heavy atom. The number of carbonyl (C=O) groups is 3. The van der Waals surface area contributed by atoms with Crippen LogP contribution in [-0.2, 0) is 20.9 Å². The number of ether oxygens (including phenoxy) is 1. The third-order valence-corrected chi connectivity index (χ3v) is 4.87. The summed E-state index contributed by atoms with van der Waals surface area (Å²) < 4.78 is 10.3. The summed E-state index contributed by atoms with van der Waals surface area (Å²) in [5.74, 6) is -0.801. The lowest BCUT2D eigenvalue weighted by Crippen LogP contribution is -2.41. The highest BCUT2D eigenvalue weighted by atomic mass is 16.5. The highest BCUT2D eigenvalue weighted by Gasteiger charge is 2.30. The van der Waals surface area contributed by atoms with Gasteiger partial charge in [-0.3, -0.25) is 14.4 Å². The van der Waals surface area contributed by atoms with Crippen molar-refractivity contribution in [1.29, 1.82) is 0 Å². The van der Waals surface area contributed by atoms with Gasteiger partial charge in [-0.25, -0.2) is 0 Å². The van der Waals surface area contributed by atoms with Gasteiger partial charge in [0.15, 0.2) is 12.4 Å². The molecule has 2 aromatic rings. The first-order valence-electron chi connectivity index (χ1n) is 9.32. The Labute approximate surface area is 163 Å². The maximum Gasteiger partial charge on any atom is 0.309 e. The number of likely N-dealkylation sites (tertiary alicyclic amines) is 1. The maximum absolute atomic E-state index is 12.3. The van der Waals surface area contributed by atoms with Gasteiger partial charge in [0.1, 0.15) is 0 Å². The van der Waals surface area contributed by atoms with Crippen LogP contribution < -0.4 is 0 Å². The summed E-state index contributed by atoms with van der Waals surface area (Å²) in [6.45, 7) is 1.11. The first-order chi connectivity index (χ1) is 13.5. The van der Waals surface area contributed by atoms with E-state index in [1.54, 1.807) is 24.1 Å². The molecule has 1 fully saturated rings. The Morgan fingerprint density at radius 3 is 2.46 bits per heavy atom. The second kappa shape index (κ2) is 9.21. The van der Waals surface area contributed by atoms with E-state index in [0.717, 1.165) is 5.56 Å². The molecule has 0 saturated carbocycles. The molecule has 0 N–H and O–H groups in total. The van der Waals surface area contributed by atoms with Gasteiger partial charge in [0, 0.05) is 26.7 Å². The highest BCUT2D eigenvalue weighted by molar-refractivity contribution is 5.91. The molecule has 28 heavy (non-hydrogen) atoms. The van der Waals surface area contributed by atoms with Crippen molar-refractivity contribution in [3.05, 3.63) is 60.1 Å². The van der Waals surface area contributed by atoms with Gasteiger partial charge >= 0.3 is 5.97 Å². The van der Waals surface area contributed by atoms with Crippen molar-refractivity contribution in [3.63, 3.8) is 0 Å². The van der Waals surface area contributed by atoms with E-state index in [2.05, 4.69) is 0 Å². The monoisotopic (exact) mass is 384 g/mol. The van der Waals surface area contributed by atoms with Crippen molar-refractivity contribution in [2.24, 2.45) is 5.92 Å². The third kappa shape index (κ3) is 5.00. The molecule has 1 aromatic carbocycles. The van der Waals surface area contributed by atoms with Gasteiger partial charge in [0.2, 0.25) is 0 Å². The van der Waals surface area contributed by atoms with Gasteiger partial charge in [-0.15, -0.1) is 0 Å². The Hall–Kier alpha value is -3.09. The molecule has 1 aliphatic heterocycles. The van der Waals surface area contributed by atoms with E-state index >= 15 is 0 Å². The minimum absolute atomic E-state index is 0.172. The number of furan rings is 1. The van der Waals surface area contributed by atoms with Crippen LogP contribution in [0, 0.1) is 5.92 Å². The van der Waals surface area contributed by atoms with E-state index in [4.69, 9.17) is 9.15 Å². The molecule has 2 amide bonds. The largest absolute Gasteiger partial charge is 0.459 e. The molecule has 0 bridgehead atoms. The molecule has 2 heterocycles. The quantitative estimate of drug-likeness (QED) is 0.714. The number of hydrogen-bond acceptors (Lipinski definition) is 5. The molecule has 7 heteroatoms. The van der Waals surface area contributed by atoms with Crippen LogP contribution in [-0.4, -0.2) is 54.3 Å². The standard InChI is InChI=1S/C21H24N2O5/c1-22(14-16-6-3-2-4-7-16)19(24)15-28-21(26)17-9-11-23(12-10-17)20(25)18-8-5-13-27-18/h2-8,13,17H,9-12,14-15H2,1H3. The van der Waals surface area contributed by atoms with Crippen molar-refractivity contribution in [3.8, 4) is 0 Å². The second-order valence-electron chi connectivity index (χ2n) is 6.89. The Bertz CT molecular complexity index is 795. The molecule has 0 unspecified atom stereocenters. The molecular formula is C21H24N2O5. The fraction of sp³-hybridized carbons (Fsp3) is 0.381. The summed E-state index contributed by atoms with van der Waals surface area (Å²) in [6, 6.07) is 12.9. The number of carbonyl (C=O) groups excluding carboxylic acids is 3. The molecule has 0 aliphatic carbocycles. The molecule has 1 aliphatic rings. The predicted molar refractivity (Wildman–Crippen MR) is 101 cm³/mol. The van der Waals surface area contributed by atoms with Crippen molar-refractivity contribution < 1.29 is 23.5 Å². The molecule has 7 nitrogen and oxygen atoms in total. The van der Waals surface area contributed by atoms with Crippen molar-refractivity contribution in [2.45, 2.75) is 19.4 Å². The van der Waals surface area contributed by atoms with Gasteiger partial charge in [0.05, 0.1) is 12.2 Å². The van der Waals surface area contributed by atoms with E-state index in [-0.39, 0.29) is 30.3 Å². The first kappa shape index (κ1) is 19.7. The molecule has 0 radical (unpaired) electrons. The fourth-order valence-electron chi connectivity index (χ4n) is 3.18. The van der Waals surface area contributed by atoms with Gasteiger partial charge < -0.3 is 19.0 Å². The minimum atomic E-state index is -0.383. The predicted octanol–water partition coefficient (Wildman–Crippen LogP) is 2.33. The zero-order valence-corrected chi connectivity index (χ0v) is 15.9. The normalized spacial score (nSPS) is 14.5. The van der Waals surface area contributed by atoms with E-state index < -0.39 is 0 Å². The lowest BCUT2D eigenvalue weighted by Gasteiger charge is -2.30. The molecule has 1 saturated heterocycles. The minimum Gasteiger partial charge on any atom is -0.459 e. The highest BCUT2D eigenvalue weighted by Crippen LogP contribution is 2.20. The maximum atomic E-state index is 12.3. The molecular weight excluding hydrogens is 360 g/mol. The summed E-state index contributed by atoms with van der Waals surface area (Å²) >= 11 is 0. The summed E-state index contributed by atoms with van der Waals surface area (Å²) in [4.78, 5) is 39.9. The van der Waals surface area contributed by atoms with Crippen LogP contribution >= 0.6 is 0 Å². The number of amides is 2. The lowest BCUT2D eigenvalue weighted by atomic mass is 9.97. The fourth-order valence-corrected chi connectivity index (χ4v) is 3.18. The van der Waals surface area contributed by atoms with Gasteiger partial charge in [-0.05, 0) is 30.5 Å². The van der Waals surface area contributed by atoms with E-state index in [0.29, 0.717) is 38.2 Å². The number of nitrogens with zero attached hydrogens (tertiary/aromatic N) is 2. The zero-order chi connectivity index (χ0) is 19.9. The van der Waals surface area contributed by atoms with Crippen LogP contribution in [0.2, 0.25) is 0 Å². The average Bonchev–Trinajstić information content (AvgIpc) is 3.27. The summed E-state index contributed by atoms with van der Waals surface area (Å²) in [7, 11) is 1.68. The topological polar surface area (TPSA) is 80.1 Å². The number of hydrogen-bond donors (Lipinski definition) is 0. The van der Waals surface area contributed by atoms with Crippen LogP contribution in [0.5, 0.6) is 0 Å².